The van der Waals surface area contributed by atoms with Crippen LogP contribution < -0.4 is 19.5 Å². The molecule has 0 aliphatic rings. The van der Waals surface area contributed by atoms with E-state index in [1.165, 1.54) is 7.11 Å². The fraction of sp³-hybridized carbons (Fsp3) is 0.500. The average molecular weight is 586 g/mol. The third-order valence-electron chi connectivity index (χ3n) is 6.13. The molecule has 2 aromatic rings. The molecule has 0 heterocycles. The number of para-hydroxylation sites is 1. The highest BCUT2D eigenvalue weighted by atomic mass is 16.7. The van der Waals surface area contributed by atoms with Gasteiger partial charge in [0.25, 0.3) is 0 Å². The molecule has 0 radical (unpaired) electrons. The maximum absolute atomic E-state index is 12.6. The molecule has 0 aromatic heterocycles. The summed E-state index contributed by atoms with van der Waals surface area (Å²) in [6.45, 7) is 9.83. The summed E-state index contributed by atoms with van der Waals surface area (Å²) in [5, 5.41) is 3.05. The molecule has 0 aliphatic carbocycles. The van der Waals surface area contributed by atoms with Gasteiger partial charge in [0.1, 0.15) is 17.9 Å². The molecular formula is C32H43NO9. The molecule has 2 aromatic carbocycles. The number of benzene rings is 2. The van der Waals surface area contributed by atoms with E-state index < -0.39 is 36.2 Å². The molecule has 0 saturated heterocycles. The number of hydrogen-bond acceptors (Lipinski definition) is 10. The van der Waals surface area contributed by atoms with Crippen molar-refractivity contribution < 1.29 is 42.9 Å². The topological polar surface area (TPSA) is 126 Å². The summed E-state index contributed by atoms with van der Waals surface area (Å²) in [5.41, 5.74) is 0.628. The van der Waals surface area contributed by atoms with E-state index in [2.05, 4.69) is 5.32 Å². The van der Waals surface area contributed by atoms with Crippen LogP contribution >= 0.6 is 0 Å². The lowest BCUT2D eigenvalue weighted by Gasteiger charge is -2.20. The van der Waals surface area contributed by atoms with E-state index in [-0.39, 0.29) is 37.3 Å². The Morgan fingerprint density at radius 1 is 0.762 bits per heavy atom. The first-order valence-electron chi connectivity index (χ1n) is 14.3. The van der Waals surface area contributed by atoms with E-state index in [1.54, 1.807) is 55.5 Å². The van der Waals surface area contributed by atoms with Crippen molar-refractivity contribution in [2.75, 3.05) is 13.7 Å². The summed E-state index contributed by atoms with van der Waals surface area (Å²) in [4.78, 5) is 49.6. The van der Waals surface area contributed by atoms with E-state index in [4.69, 9.17) is 23.7 Å². The van der Waals surface area contributed by atoms with E-state index in [1.807, 2.05) is 27.7 Å². The molecule has 0 fully saturated rings. The lowest BCUT2D eigenvalue weighted by molar-refractivity contribution is -0.143. The second-order valence-electron chi connectivity index (χ2n) is 10.9. The highest BCUT2D eigenvalue weighted by Gasteiger charge is 2.23. The van der Waals surface area contributed by atoms with Gasteiger partial charge < -0.3 is 29.0 Å². The minimum Gasteiger partial charge on any atom is -0.468 e. The van der Waals surface area contributed by atoms with Crippen molar-refractivity contribution in [3.63, 3.8) is 0 Å². The minimum atomic E-state index is -0.868. The fourth-order valence-electron chi connectivity index (χ4n) is 3.74. The van der Waals surface area contributed by atoms with Crippen molar-refractivity contribution in [1.82, 2.24) is 5.32 Å². The van der Waals surface area contributed by atoms with Crippen LogP contribution in [0.5, 0.6) is 17.2 Å². The van der Waals surface area contributed by atoms with Gasteiger partial charge in [-0.3, -0.25) is 14.4 Å². The number of esters is 3. The molecule has 230 valence electrons. The molecule has 2 atom stereocenters. The van der Waals surface area contributed by atoms with Crippen molar-refractivity contribution in [3.05, 3.63) is 54.1 Å². The van der Waals surface area contributed by atoms with Crippen LogP contribution in [-0.2, 0) is 30.3 Å². The van der Waals surface area contributed by atoms with Crippen LogP contribution in [-0.4, -0.2) is 49.9 Å². The Morgan fingerprint density at radius 2 is 1.36 bits per heavy atom. The predicted octanol–water partition coefficient (Wildman–Crippen LogP) is 5.65. The summed E-state index contributed by atoms with van der Waals surface area (Å²) in [5.74, 6) is -0.177. The first-order valence-corrected chi connectivity index (χ1v) is 14.3. The standard InChI is InChI=1S/C32H43NO9/c1-21(2)12-16-29(34)41-27-15-14-24(19-28(27)42-30(35)17-13-22(3)4)18-26(31(36)38-6)33-20-23(5)39-32(37)40-25-10-8-7-9-11-25/h7-11,14-15,19,21-23,26,33H,12-13,16-18,20H2,1-6H3/t23?,26-/m0/s1. The molecule has 1 unspecified atom stereocenters. The van der Waals surface area contributed by atoms with Crippen molar-refractivity contribution in [2.24, 2.45) is 11.8 Å². The van der Waals surface area contributed by atoms with Crippen LogP contribution in [0.3, 0.4) is 0 Å². The fourth-order valence-corrected chi connectivity index (χ4v) is 3.74. The summed E-state index contributed by atoms with van der Waals surface area (Å²) in [6.07, 6.45) is 0.416. The number of methoxy groups -OCH3 is 1. The minimum absolute atomic E-state index is 0.100. The van der Waals surface area contributed by atoms with Gasteiger partial charge in [0.2, 0.25) is 0 Å². The third-order valence-corrected chi connectivity index (χ3v) is 6.13. The van der Waals surface area contributed by atoms with E-state index in [0.29, 0.717) is 36.0 Å². The predicted molar refractivity (Wildman–Crippen MR) is 156 cm³/mol. The highest BCUT2D eigenvalue weighted by molar-refractivity contribution is 5.77. The molecule has 0 saturated carbocycles. The van der Waals surface area contributed by atoms with Crippen molar-refractivity contribution in [2.45, 2.75) is 78.9 Å². The van der Waals surface area contributed by atoms with Crippen LogP contribution in [0.15, 0.2) is 48.5 Å². The molecule has 0 aliphatic heterocycles. The summed E-state index contributed by atoms with van der Waals surface area (Å²) >= 11 is 0. The van der Waals surface area contributed by atoms with Gasteiger partial charge in [0.05, 0.1) is 7.11 Å². The first kappa shape index (κ1) is 34.3. The maximum atomic E-state index is 12.6. The van der Waals surface area contributed by atoms with Crippen LogP contribution in [0.25, 0.3) is 0 Å². The van der Waals surface area contributed by atoms with Crippen molar-refractivity contribution in [3.8, 4) is 17.2 Å². The lowest BCUT2D eigenvalue weighted by Crippen LogP contribution is -2.43. The third kappa shape index (κ3) is 13.2. The number of carbonyl (C=O) groups excluding carboxylic acids is 4. The highest BCUT2D eigenvalue weighted by Crippen LogP contribution is 2.30. The normalized spacial score (nSPS) is 12.4. The van der Waals surface area contributed by atoms with Crippen LogP contribution in [0.4, 0.5) is 4.79 Å². The smallest absolute Gasteiger partial charge is 0.468 e. The second-order valence-corrected chi connectivity index (χ2v) is 10.9. The van der Waals surface area contributed by atoms with Crippen LogP contribution in [0.1, 0.15) is 65.9 Å². The molecule has 0 amide bonds. The summed E-state index contributed by atoms with van der Waals surface area (Å²) in [6, 6.07) is 12.5. The molecule has 0 bridgehead atoms. The van der Waals surface area contributed by atoms with Gasteiger partial charge in [-0.25, -0.2) is 4.79 Å². The van der Waals surface area contributed by atoms with Crippen LogP contribution in [0.2, 0.25) is 0 Å². The van der Waals surface area contributed by atoms with E-state index >= 15 is 0 Å². The Labute approximate surface area is 248 Å². The quantitative estimate of drug-likeness (QED) is 0.150. The summed E-state index contributed by atoms with van der Waals surface area (Å²) in [7, 11) is 1.27. The average Bonchev–Trinajstić information content (AvgIpc) is 2.94. The zero-order valence-electron chi connectivity index (χ0n) is 25.3. The lowest BCUT2D eigenvalue weighted by atomic mass is 10.0. The van der Waals surface area contributed by atoms with Gasteiger partial charge in [-0.1, -0.05) is 52.0 Å². The van der Waals surface area contributed by atoms with Crippen molar-refractivity contribution >= 4 is 24.1 Å². The molecule has 1 N–H and O–H groups in total. The Hall–Kier alpha value is -3.92. The zero-order valence-corrected chi connectivity index (χ0v) is 25.3. The maximum Gasteiger partial charge on any atom is 0.514 e. The van der Waals surface area contributed by atoms with Crippen molar-refractivity contribution in [1.29, 1.82) is 0 Å². The summed E-state index contributed by atoms with van der Waals surface area (Å²) < 4.78 is 26.5. The number of hydrogen-bond donors (Lipinski definition) is 1. The first-order chi connectivity index (χ1) is 20.0. The van der Waals surface area contributed by atoms with E-state index in [0.717, 1.165) is 0 Å². The Morgan fingerprint density at radius 3 is 1.93 bits per heavy atom. The van der Waals surface area contributed by atoms with Crippen LogP contribution in [0, 0.1) is 11.8 Å². The Balaban J connectivity index is 2.11. The Kier molecular flexibility index (Phi) is 14.5. The molecule has 42 heavy (non-hydrogen) atoms. The molecular weight excluding hydrogens is 542 g/mol. The molecule has 10 nitrogen and oxygen atoms in total. The Bertz CT molecular complexity index is 1160. The molecule has 0 spiro atoms. The van der Waals surface area contributed by atoms with E-state index in [9.17, 15) is 19.2 Å². The molecule has 10 heteroatoms. The van der Waals surface area contributed by atoms with Gasteiger partial charge in [0, 0.05) is 19.4 Å². The van der Waals surface area contributed by atoms with Gasteiger partial charge in [-0.2, -0.15) is 0 Å². The number of rotatable bonds is 16. The number of nitrogens with one attached hydrogen (secondary N) is 1. The van der Waals surface area contributed by atoms with Gasteiger partial charge in [-0.15, -0.1) is 0 Å². The van der Waals surface area contributed by atoms with Gasteiger partial charge in [0.15, 0.2) is 11.5 Å². The number of carbonyl (C=O) groups is 4. The van der Waals surface area contributed by atoms with Gasteiger partial charge >= 0.3 is 24.1 Å². The largest absolute Gasteiger partial charge is 0.514 e. The SMILES string of the molecule is COC(=O)[C@H](Cc1ccc(OC(=O)CCC(C)C)c(OC(=O)CCC(C)C)c1)NCC(C)OC(=O)Oc1ccccc1. The molecule has 2 rings (SSSR count). The second kappa shape index (κ2) is 17.8. The number of ether oxygens (including phenoxy) is 5. The van der Waals surface area contributed by atoms with Gasteiger partial charge in [-0.05, 0) is 67.9 Å². The zero-order chi connectivity index (χ0) is 31.1. The monoisotopic (exact) mass is 585 g/mol.